The molecule has 19 heavy (non-hydrogen) atoms. The van der Waals surface area contributed by atoms with Crippen LogP contribution in [-0.2, 0) is 0 Å². The van der Waals surface area contributed by atoms with Crippen LogP contribution < -0.4 is 4.74 Å². The molecule has 0 bridgehead atoms. The van der Waals surface area contributed by atoms with Gasteiger partial charge in [0.2, 0.25) is 0 Å². The topological polar surface area (TPSA) is 29.5 Å². The molecule has 0 aliphatic heterocycles. The number of halogens is 3. The van der Waals surface area contributed by atoms with Gasteiger partial charge < -0.3 is 9.84 Å². The molecule has 0 spiro atoms. The summed E-state index contributed by atoms with van der Waals surface area (Å²) in [5, 5.41) is 10.4. The van der Waals surface area contributed by atoms with E-state index in [1.165, 1.54) is 0 Å². The Morgan fingerprint density at radius 2 is 1.63 bits per heavy atom. The highest BCUT2D eigenvalue weighted by Gasteiger charge is 2.11. The lowest BCUT2D eigenvalue weighted by atomic mass is 10.1. The van der Waals surface area contributed by atoms with E-state index in [1.54, 1.807) is 24.3 Å². The van der Waals surface area contributed by atoms with Crippen LogP contribution in [0.3, 0.4) is 0 Å². The van der Waals surface area contributed by atoms with Crippen molar-refractivity contribution in [3.63, 3.8) is 0 Å². The zero-order valence-electron chi connectivity index (χ0n) is 9.82. The van der Waals surface area contributed by atoms with Crippen molar-refractivity contribution in [3.05, 3.63) is 64.7 Å². The van der Waals surface area contributed by atoms with Crippen molar-refractivity contribution in [2.45, 2.75) is 6.10 Å². The molecule has 0 saturated heterocycles. The van der Waals surface area contributed by atoms with E-state index in [-0.39, 0.29) is 12.2 Å². The molecule has 0 heterocycles. The predicted molar refractivity (Wildman–Crippen MR) is 68.3 cm³/mol. The SMILES string of the molecule is OC(COc1ccc(Cl)cc1)c1cc(F)cc(F)c1. The second kappa shape index (κ2) is 5.99. The lowest BCUT2D eigenvalue weighted by Gasteiger charge is -2.13. The monoisotopic (exact) mass is 284 g/mol. The molecule has 0 aliphatic rings. The van der Waals surface area contributed by atoms with Gasteiger partial charge in [-0.1, -0.05) is 11.6 Å². The summed E-state index contributed by atoms with van der Waals surface area (Å²) >= 11 is 5.72. The Kier molecular flexibility index (Phi) is 4.35. The number of benzene rings is 2. The predicted octanol–water partition coefficient (Wildman–Crippen LogP) is 3.73. The van der Waals surface area contributed by atoms with E-state index in [1.807, 2.05) is 0 Å². The highest BCUT2D eigenvalue weighted by atomic mass is 35.5. The van der Waals surface area contributed by atoms with Crippen LogP contribution in [0.1, 0.15) is 11.7 Å². The lowest BCUT2D eigenvalue weighted by Crippen LogP contribution is -2.10. The number of hydrogen-bond donors (Lipinski definition) is 1. The minimum absolute atomic E-state index is 0.107. The molecular weight excluding hydrogens is 274 g/mol. The summed E-state index contributed by atoms with van der Waals surface area (Å²) in [5.74, 6) is -0.957. The van der Waals surface area contributed by atoms with Crippen LogP contribution in [0.25, 0.3) is 0 Å². The van der Waals surface area contributed by atoms with Crippen LogP contribution >= 0.6 is 11.6 Å². The Bertz CT molecular complexity index is 538. The molecule has 2 nitrogen and oxygen atoms in total. The fourth-order valence-electron chi connectivity index (χ4n) is 1.57. The highest BCUT2D eigenvalue weighted by Crippen LogP contribution is 2.20. The number of hydrogen-bond acceptors (Lipinski definition) is 2. The molecule has 0 saturated carbocycles. The van der Waals surface area contributed by atoms with Crippen molar-refractivity contribution in [2.75, 3.05) is 6.61 Å². The van der Waals surface area contributed by atoms with Crippen molar-refractivity contribution in [3.8, 4) is 5.75 Å². The van der Waals surface area contributed by atoms with Gasteiger partial charge in [0.25, 0.3) is 0 Å². The summed E-state index contributed by atoms with van der Waals surface area (Å²) in [5.41, 5.74) is 0.131. The van der Waals surface area contributed by atoms with Crippen molar-refractivity contribution in [1.29, 1.82) is 0 Å². The molecular formula is C14H11ClF2O2. The van der Waals surface area contributed by atoms with Gasteiger partial charge in [0, 0.05) is 11.1 Å². The van der Waals surface area contributed by atoms with Crippen molar-refractivity contribution in [1.82, 2.24) is 0 Å². The zero-order chi connectivity index (χ0) is 13.8. The summed E-state index contributed by atoms with van der Waals surface area (Å²) in [7, 11) is 0. The fraction of sp³-hybridized carbons (Fsp3) is 0.143. The lowest BCUT2D eigenvalue weighted by molar-refractivity contribution is 0.107. The van der Waals surface area contributed by atoms with E-state index in [0.717, 1.165) is 18.2 Å². The highest BCUT2D eigenvalue weighted by molar-refractivity contribution is 6.30. The summed E-state index contributed by atoms with van der Waals surface area (Å²) in [6.07, 6.45) is -1.11. The number of aliphatic hydroxyl groups excluding tert-OH is 1. The molecule has 0 fully saturated rings. The summed E-state index contributed by atoms with van der Waals surface area (Å²) in [6, 6.07) is 9.45. The maximum atomic E-state index is 13.0. The molecule has 1 N–H and O–H groups in total. The molecule has 1 atom stereocenters. The van der Waals surface area contributed by atoms with Gasteiger partial charge in [-0.05, 0) is 42.0 Å². The maximum absolute atomic E-state index is 13.0. The molecule has 2 rings (SSSR count). The first-order valence-electron chi connectivity index (χ1n) is 5.57. The molecule has 0 radical (unpaired) electrons. The van der Waals surface area contributed by atoms with Crippen LogP contribution in [0.5, 0.6) is 5.75 Å². The van der Waals surface area contributed by atoms with Gasteiger partial charge in [0.15, 0.2) is 0 Å². The van der Waals surface area contributed by atoms with Gasteiger partial charge in [0.1, 0.15) is 30.1 Å². The molecule has 2 aromatic carbocycles. The standard InChI is InChI=1S/C14H11ClF2O2/c15-10-1-3-13(4-2-10)19-8-14(18)9-5-11(16)7-12(17)6-9/h1-7,14,18H,8H2. The Morgan fingerprint density at radius 3 is 2.21 bits per heavy atom. The second-order valence-corrected chi connectivity index (χ2v) is 4.42. The maximum Gasteiger partial charge on any atom is 0.126 e. The quantitative estimate of drug-likeness (QED) is 0.927. The van der Waals surface area contributed by atoms with E-state index in [2.05, 4.69) is 0 Å². The minimum Gasteiger partial charge on any atom is -0.491 e. The molecule has 5 heteroatoms. The molecule has 1 unspecified atom stereocenters. The Hall–Kier alpha value is -1.65. The van der Waals surface area contributed by atoms with Gasteiger partial charge >= 0.3 is 0 Å². The normalized spacial score (nSPS) is 12.2. The van der Waals surface area contributed by atoms with Gasteiger partial charge in [0.05, 0.1) is 0 Å². The van der Waals surface area contributed by atoms with E-state index in [4.69, 9.17) is 16.3 Å². The van der Waals surface area contributed by atoms with Gasteiger partial charge in [-0.25, -0.2) is 8.78 Å². The Morgan fingerprint density at radius 1 is 1.05 bits per heavy atom. The van der Waals surface area contributed by atoms with E-state index in [9.17, 15) is 13.9 Å². The first-order valence-corrected chi connectivity index (χ1v) is 5.95. The Balaban J connectivity index is 2.00. The molecule has 0 aromatic heterocycles. The average Bonchev–Trinajstić information content (AvgIpc) is 2.36. The number of aliphatic hydroxyl groups is 1. The third kappa shape index (κ3) is 3.91. The third-order valence-electron chi connectivity index (χ3n) is 2.49. The van der Waals surface area contributed by atoms with Crippen molar-refractivity contribution in [2.24, 2.45) is 0 Å². The van der Waals surface area contributed by atoms with E-state index in [0.29, 0.717) is 10.8 Å². The first-order chi connectivity index (χ1) is 9.04. The minimum atomic E-state index is -1.11. The summed E-state index contributed by atoms with van der Waals surface area (Å²) in [6.45, 7) is -0.107. The number of rotatable bonds is 4. The number of ether oxygens (including phenoxy) is 1. The fourth-order valence-corrected chi connectivity index (χ4v) is 1.70. The van der Waals surface area contributed by atoms with Crippen LogP contribution in [0.15, 0.2) is 42.5 Å². The zero-order valence-corrected chi connectivity index (χ0v) is 10.6. The van der Waals surface area contributed by atoms with E-state index < -0.39 is 17.7 Å². The van der Waals surface area contributed by atoms with Gasteiger partial charge in [-0.2, -0.15) is 0 Å². The van der Waals surface area contributed by atoms with Gasteiger partial charge in [-0.3, -0.25) is 0 Å². The summed E-state index contributed by atoms with van der Waals surface area (Å²) < 4.78 is 31.3. The molecule has 100 valence electrons. The second-order valence-electron chi connectivity index (χ2n) is 3.98. The third-order valence-corrected chi connectivity index (χ3v) is 2.74. The van der Waals surface area contributed by atoms with Gasteiger partial charge in [-0.15, -0.1) is 0 Å². The van der Waals surface area contributed by atoms with Crippen LogP contribution in [-0.4, -0.2) is 11.7 Å². The van der Waals surface area contributed by atoms with E-state index >= 15 is 0 Å². The molecule has 0 amide bonds. The average molecular weight is 285 g/mol. The molecule has 2 aromatic rings. The first kappa shape index (κ1) is 13.8. The molecule has 0 aliphatic carbocycles. The Labute approximate surface area is 114 Å². The van der Waals surface area contributed by atoms with Crippen molar-refractivity contribution < 1.29 is 18.6 Å². The van der Waals surface area contributed by atoms with Crippen molar-refractivity contribution >= 4 is 11.6 Å². The van der Waals surface area contributed by atoms with Crippen LogP contribution in [0, 0.1) is 11.6 Å². The van der Waals surface area contributed by atoms with Crippen LogP contribution in [0.2, 0.25) is 5.02 Å². The largest absolute Gasteiger partial charge is 0.491 e. The van der Waals surface area contributed by atoms with Crippen LogP contribution in [0.4, 0.5) is 8.78 Å². The smallest absolute Gasteiger partial charge is 0.126 e. The summed E-state index contributed by atoms with van der Waals surface area (Å²) in [4.78, 5) is 0.